The molecule has 0 rings (SSSR count). The van der Waals surface area contributed by atoms with Gasteiger partial charge in [-0.1, -0.05) is 103 Å². The molecule has 0 saturated carbocycles. The third kappa shape index (κ3) is 23.9. The molecule has 0 aliphatic carbocycles. The van der Waals surface area contributed by atoms with Crippen LogP contribution in [0.4, 0.5) is 0 Å². The number of rotatable bonds is 20. The summed E-state index contributed by atoms with van der Waals surface area (Å²) in [7, 11) is 6.78. The normalized spacial score (nSPS) is 12.0. The number of likely N-dealkylation sites (N-methyl/N-ethyl adjacent to an activating group) is 1. The molecule has 152 valence electrons. The first-order chi connectivity index (χ1) is 12.1. The van der Waals surface area contributed by atoms with Crippen LogP contribution in [-0.2, 0) is 0 Å². The molecule has 25 heavy (non-hydrogen) atoms. The largest absolute Gasteiger partial charge is 0.330 e. The van der Waals surface area contributed by atoms with E-state index < -0.39 is 0 Å². The topological polar surface area (TPSA) is 12.0 Å². The van der Waals surface area contributed by atoms with Gasteiger partial charge < -0.3 is 9.80 Å². The fourth-order valence-corrected chi connectivity index (χ4v) is 3.34. The second-order valence-corrected chi connectivity index (χ2v) is 9.07. The zero-order valence-corrected chi connectivity index (χ0v) is 18.4. The summed E-state index contributed by atoms with van der Waals surface area (Å²) in [5.41, 5.74) is 0. The van der Waals surface area contributed by atoms with E-state index >= 15 is 0 Å². The van der Waals surface area contributed by atoms with Crippen molar-refractivity contribution >= 4 is 0 Å². The molecule has 0 aliphatic rings. The maximum atomic E-state index is 3.58. The van der Waals surface area contributed by atoms with E-state index in [2.05, 4.69) is 33.4 Å². The molecule has 0 heterocycles. The fraction of sp³-hybridized carbons (Fsp3) is 1.00. The Hall–Kier alpha value is -0.0800. The van der Waals surface area contributed by atoms with E-state index in [0.29, 0.717) is 0 Å². The average Bonchev–Trinajstić information content (AvgIpc) is 2.56. The molecule has 1 N–H and O–H groups in total. The van der Waals surface area contributed by atoms with Gasteiger partial charge in [-0.2, -0.15) is 0 Å². The van der Waals surface area contributed by atoms with Crippen molar-refractivity contribution in [2.75, 3.05) is 40.8 Å². The molecule has 0 aromatic rings. The zero-order chi connectivity index (χ0) is 18.6. The summed E-state index contributed by atoms with van der Waals surface area (Å²) in [6, 6.07) is 0. The van der Waals surface area contributed by atoms with Crippen LogP contribution in [0.2, 0.25) is 0 Å². The van der Waals surface area contributed by atoms with Gasteiger partial charge in [-0.15, -0.1) is 0 Å². The van der Waals surface area contributed by atoms with Crippen LogP contribution in [0.3, 0.4) is 0 Å². The Kier molecular flexibility index (Phi) is 18.6. The van der Waals surface area contributed by atoms with Crippen LogP contribution in [-0.4, -0.2) is 45.3 Å². The van der Waals surface area contributed by atoms with Gasteiger partial charge in [0.1, 0.15) is 0 Å². The van der Waals surface area contributed by atoms with Gasteiger partial charge in [-0.05, 0) is 13.0 Å². The Balaban J connectivity index is 3.01. The van der Waals surface area contributed by atoms with Gasteiger partial charge in [0, 0.05) is 6.54 Å². The molecule has 2 heteroatoms. The van der Waals surface area contributed by atoms with E-state index in [1.54, 1.807) is 0 Å². The molecule has 0 aromatic carbocycles. The van der Waals surface area contributed by atoms with Crippen molar-refractivity contribution in [1.82, 2.24) is 5.32 Å². The molecule has 0 aliphatic heterocycles. The molecule has 0 radical (unpaired) electrons. The van der Waals surface area contributed by atoms with Gasteiger partial charge in [0.2, 0.25) is 0 Å². The SMILES string of the molecule is CCCCCCCCCCCCCCCCCCNCC[N+](C)(C)C. The molecule has 2 nitrogen and oxygen atoms in total. The van der Waals surface area contributed by atoms with Gasteiger partial charge in [0.05, 0.1) is 27.7 Å². The summed E-state index contributed by atoms with van der Waals surface area (Å²) < 4.78 is 1.06. The standard InChI is InChI=1S/C23H51N2/c1-5-6-7-8-9-10-11-12-13-14-15-16-17-18-19-20-21-24-22-23-25(2,3)4/h24H,5-23H2,1-4H3/q+1. The van der Waals surface area contributed by atoms with Crippen molar-refractivity contribution in [1.29, 1.82) is 0 Å². The van der Waals surface area contributed by atoms with Crippen LogP contribution in [0.25, 0.3) is 0 Å². The summed E-state index contributed by atoms with van der Waals surface area (Å²) in [5, 5.41) is 3.58. The molecule has 0 aromatic heterocycles. The molecule has 0 unspecified atom stereocenters. The van der Waals surface area contributed by atoms with Crippen LogP contribution in [0.1, 0.15) is 110 Å². The second kappa shape index (κ2) is 18.7. The number of nitrogens with one attached hydrogen (secondary N) is 1. The van der Waals surface area contributed by atoms with Gasteiger partial charge in [-0.25, -0.2) is 0 Å². The predicted octanol–water partition coefficient (Wildman–Crippen LogP) is 6.54. The first-order valence-corrected chi connectivity index (χ1v) is 11.6. The minimum atomic E-state index is 1.06. The van der Waals surface area contributed by atoms with Crippen LogP contribution in [0.5, 0.6) is 0 Å². The summed E-state index contributed by atoms with van der Waals surface area (Å²) >= 11 is 0. The lowest BCUT2D eigenvalue weighted by molar-refractivity contribution is -0.869. The van der Waals surface area contributed by atoms with Crippen molar-refractivity contribution < 1.29 is 4.48 Å². The van der Waals surface area contributed by atoms with Crippen molar-refractivity contribution in [2.45, 2.75) is 110 Å². The highest BCUT2D eigenvalue weighted by molar-refractivity contribution is 4.51. The predicted molar refractivity (Wildman–Crippen MR) is 115 cm³/mol. The maximum absolute atomic E-state index is 3.58. The van der Waals surface area contributed by atoms with Crippen molar-refractivity contribution in [2.24, 2.45) is 0 Å². The Morgan fingerprint density at radius 1 is 0.480 bits per heavy atom. The molecular weight excluding hydrogens is 304 g/mol. The maximum Gasteiger partial charge on any atom is 0.0907 e. The summed E-state index contributed by atoms with van der Waals surface area (Å²) in [6.45, 7) is 5.88. The van der Waals surface area contributed by atoms with Gasteiger partial charge in [0.25, 0.3) is 0 Å². The fourth-order valence-electron chi connectivity index (χ4n) is 3.34. The third-order valence-electron chi connectivity index (χ3n) is 5.17. The minimum Gasteiger partial charge on any atom is -0.330 e. The van der Waals surface area contributed by atoms with Crippen LogP contribution in [0, 0.1) is 0 Å². The number of hydrogen-bond acceptors (Lipinski definition) is 1. The Bertz CT molecular complexity index is 245. The molecule has 0 bridgehead atoms. The second-order valence-electron chi connectivity index (χ2n) is 9.07. The zero-order valence-electron chi connectivity index (χ0n) is 18.4. The number of nitrogens with zero attached hydrogens (tertiary/aromatic N) is 1. The third-order valence-corrected chi connectivity index (χ3v) is 5.17. The Morgan fingerprint density at radius 2 is 0.840 bits per heavy atom. The van der Waals surface area contributed by atoms with Gasteiger partial charge >= 0.3 is 0 Å². The Labute approximate surface area is 160 Å². The smallest absolute Gasteiger partial charge is 0.0907 e. The number of hydrogen-bond donors (Lipinski definition) is 1. The monoisotopic (exact) mass is 355 g/mol. The Morgan fingerprint density at radius 3 is 1.20 bits per heavy atom. The van der Waals surface area contributed by atoms with E-state index in [-0.39, 0.29) is 0 Å². The van der Waals surface area contributed by atoms with Crippen LogP contribution < -0.4 is 5.32 Å². The quantitative estimate of drug-likeness (QED) is 0.193. The highest BCUT2D eigenvalue weighted by atomic mass is 15.3. The summed E-state index contributed by atoms with van der Waals surface area (Å²) in [5.74, 6) is 0. The molecule has 0 spiro atoms. The molecule has 0 fully saturated rings. The van der Waals surface area contributed by atoms with Crippen molar-refractivity contribution in [3.05, 3.63) is 0 Å². The van der Waals surface area contributed by atoms with E-state index in [4.69, 9.17) is 0 Å². The van der Waals surface area contributed by atoms with Crippen molar-refractivity contribution in [3.8, 4) is 0 Å². The van der Waals surface area contributed by atoms with Crippen LogP contribution >= 0.6 is 0 Å². The number of quaternary nitrogens is 1. The van der Waals surface area contributed by atoms with E-state index in [1.807, 2.05) is 0 Å². The highest BCUT2D eigenvalue weighted by Gasteiger charge is 2.04. The first kappa shape index (κ1) is 24.9. The summed E-state index contributed by atoms with van der Waals surface area (Å²) in [4.78, 5) is 0. The first-order valence-electron chi connectivity index (χ1n) is 11.6. The number of unbranched alkanes of at least 4 members (excludes halogenated alkanes) is 15. The lowest BCUT2D eigenvalue weighted by Crippen LogP contribution is -2.40. The average molecular weight is 356 g/mol. The molecule has 0 amide bonds. The molecule has 0 atom stereocenters. The minimum absolute atomic E-state index is 1.06. The van der Waals surface area contributed by atoms with E-state index in [9.17, 15) is 0 Å². The highest BCUT2D eigenvalue weighted by Crippen LogP contribution is 2.13. The van der Waals surface area contributed by atoms with E-state index in [1.165, 1.54) is 116 Å². The van der Waals surface area contributed by atoms with Crippen LogP contribution in [0.15, 0.2) is 0 Å². The molecular formula is C23H51N2+. The van der Waals surface area contributed by atoms with Crippen molar-refractivity contribution in [3.63, 3.8) is 0 Å². The van der Waals surface area contributed by atoms with Gasteiger partial charge in [0.15, 0.2) is 0 Å². The lowest BCUT2D eigenvalue weighted by atomic mass is 10.0. The molecule has 0 saturated heterocycles. The van der Waals surface area contributed by atoms with E-state index in [0.717, 1.165) is 11.0 Å². The lowest BCUT2D eigenvalue weighted by Gasteiger charge is -2.23. The summed E-state index contributed by atoms with van der Waals surface area (Å²) in [6.07, 6.45) is 23.2. The van der Waals surface area contributed by atoms with Gasteiger partial charge in [-0.3, -0.25) is 0 Å².